The summed E-state index contributed by atoms with van der Waals surface area (Å²) in [5.41, 5.74) is 0. The molecule has 1 N–H and O–H groups in total. The van der Waals surface area contributed by atoms with Crippen LogP contribution in [0, 0.1) is 5.92 Å². The molecule has 10 heteroatoms. The van der Waals surface area contributed by atoms with Crippen LogP contribution in [-0.2, 0) is 32.2 Å². The predicted octanol–water partition coefficient (Wildman–Crippen LogP) is 4.27. The highest BCUT2D eigenvalue weighted by Gasteiger charge is 2.59. The molecule has 0 radical (unpaired) electrons. The standard InChI is InChI=1S/C21H41O8PSi/c1-20(2,3)31(6,7)29-19-15-13-21(22,14-30(23,24-4)25-5)28-16(15)12-17(19)27-18-10-8-9-11-26-18/h15-19,22H,8-14H2,1-7H3/t15-,16-,17+,18?,19+,21?/m0/s1. The Balaban J connectivity index is 1.78. The molecule has 2 unspecified atom stereocenters. The van der Waals surface area contributed by atoms with Gasteiger partial charge in [0.15, 0.2) is 20.4 Å². The van der Waals surface area contributed by atoms with Crippen molar-refractivity contribution >= 4 is 15.9 Å². The van der Waals surface area contributed by atoms with E-state index in [0.717, 1.165) is 25.9 Å². The molecule has 2 aliphatic heterocycles. The Morgan fingerprint density at radius 3 is 2.42 bits per heavy atom. The Kier molecular flexibility index (Phi) is 7.84. The van der Waals surface area contributed by atoms with Crippen LogP contribution < -0.4 is 0 Å². The monoisotopic (exact) mass is 480 g/mol. The molecule has 6 atom stereocenters. The van der Waals surface area contributed by atoms with Crippen molar-refractivity contribution in [3.63, 3.8) is 0 Å². The highest BCUT2D eigenvalue weighted by molar-refractivity contribution is 7.53. The molecule has 0 aromatic rings. The van der Waals surface area contributed by atoms with E-state index in [1.165, 1.54) is 14.2 Å². The summed E-state index contributed by atoms with van der Waals surface area (Å²) in [6.45, 7) is 11.8. The van der Waals surface area contributed by atoms with Gasteiger partial charge in [0, 0.05) is 39.6 Å². The second-order valence-corrected chi connectivity index (χ2v) is 17.7. The summed E-state index contributed by atoms with van der Waals surface area (Å²) < 4.78 is 47.8. The largest absolute Gasteiger partial charge is 0.411 e. The minimum atomic E-state index is -3.42. The molecule has 0 aromatic heterocycles. The highest BCUT2D eigenvalue weighted by Crippen LogP contribution is 2.55. The van der Waals surface area contributed by atoms with E-state index in [2.05, 4.69) is 33.9 Å². The van der Waals surface area contributed by atoms with Crippen molar-refractivity contribution in [3.05, 3.63) is 0 Å². The molecule has 3 fully saturated rings. The van der Waals surface area contributed by atoms with Crippen LogP contribution in [0.25, 0.3) is 0 Å². The van der Waals surface area contributed by atoms with Crippen molar-refractivity contribution in [1.82, 2.24) is 0 Å². The van der Waals surface area contributed by atoms with Gasteiger partial charge in [-0.15, -0.1) is 0 Å². The Morgan fingerprint density at radius 1 is 1.19 bits per heavy atom. The quantitative estimate of drug-likeness (QED) is 0.407. The molecule has 0 aromatic carbocycles. The van der Waals surface area contributed by atoms with Gasteiger partial charge in [0.05, 0.1) is 18.3 Å². The molecular weight excluding hydrogens is 439 g/mol. The van der Waals surface area contributed by atoms with Crippen molar-refractivity contribution in [3.8, 4) is 0 Å². The number of hydrogen-bond donors (Lipinski definition) is 1. The third-order valence-corrected chi connectivity index (χ3v) is 13.8. The van der Waals surface area contributed by atoms with Gasteiger partial charge in [0.2, 0.25) is 0 Å². The van der Waals surface area contributed by atoms with Crippen molar-refractivity contribution in [2.24, 2.45) is 5.92 Å². The molecule has 0 spiro atoms. The molecule has 3 aliphatic rings. The van der Waals surface area contributed by atoms with Crippen LogP contribution in [0.5, 0.6) is 0 Å². The summed E-state index contributed by atoms with van der Waals surface area (Å²) in [6, 6.07) is 0. The van der Waals surface area contributed by atoms with E-state index >= 15 is 0 Å². The van der Waals surface area contributed by atoms with Crippen LogP contribution in [-0.4, -0.2) is 70.8 Å². The Hall–Kier alpha value is 0.167. The van der Waals surface area contributed by atoms with E-state index in [-0.39, 0.29) is 41.7 Å². The molecule has 1 saturated carbocycles. The zero-order valence-electron chi connectivity index (χ0n) is 20.1. The molecule has 8 nitrogen and oxygen atoms in total. The second kappa shape index (κ2) is 9.43. The maximum atomic E-state index is 12.7. The van der Waals surface area contributed by atoms with Crippen LogP contribution >= 0.6 is 7.60 Å². The van der Waals surface area contributed by atoms with Gasteiger partial charge in [-0.2, -0.15) is 0 Å². The van der Waals surface area contributed by atoms with E-state index in [1.54, 1.807) is 0 Å². The number of aliphatic hydroxyl groups is 1. The van der Waals surface area contributed by atoms with Gasteiger partial charge in [-0.05, 0) is 37.4 Å². The summed E-state index contributed by atoms with van der Waals surface area (Å²) in [5, 5.41) is 11.2. The van der Waals surface area contributed by atoms with Crippen LogP contribution in [0.2, 0.25) is 18.1 Å². The molecule has 1 aliphatic carbocycles. The van der Waals surface area contributed by atoms with E-state index < -0.39 is 21.7 Å². The first-order valence-corrected chi connectivity index (χ1v) is 16.0. The van der Waals surface area contributed by atoms with E-state index in [9.17, 15) is 9.67 Å². The van der Waals surface area contributed by atoms with Crippen LogP contribution in [0.4, 0.5) is 0 Å². The lowest BCUT2D eigenvalue weighted by Gasteiger charge is -2.41. The lowest BCUT2D eigenvalue weighted by atomic mass is 9.98. The van der Waals surface area contributed by atoms with Crippen LogP contribution in [0.15, 0.2) is 0 Å². The first kappa shape index (κ1) is 25.8. The molecule has 31 heavy (non-hydrogen) atoms. The zero-order chi connectivity index (χ0) is 23.1. The van der Waals surface area contributed by atoms with Crippen LogP contribution in [0.1, 0.15) is 52.9 Å². The van der Waals surface area contributed by atoms with Gasteiger partial charge in [-0.25, -0.2) is 0 Å². The number of hydrogen-bond acceptors (Lipinski definition) is 8. The number of rotatable bonds is 8. The normalized spacial score (nSPS) is 37.2. The smallest absolute Gasteiger partial charge is 0.335 e. The Labute approximate surface area is 187 Å². The highest BCUT2D eigenvalue weighted by atomic mass is 31.2. The van der Waals surface area contributed by atoms with Gasteiger partial charge in [0.1, 0.15) is 6.16 Å². The SMILES string of the molecule is COP(=O)(CC1(O)C[C@@H]2[C@@H](O[Si](C)(C)C(C)(C)C)[C@H](OC3CCCCO3)C[C@@H]2O1)OC. The maximum absolute atomic E-state index is 12.7. The number of ether oxygens (including phenoxy) is 3. The Morgan fingerprint density at radius 2 is 1.87 bits per heavy atom. The third-order valence-electron chi connectivity index (χ3n) is 7.35. The number of fused-ring (bicyclic) bond motifs is 1. The lowest BCUT2D eigenvalue weighted by molar-refractivity contribution is -0.213. The molecule has 0 amide bonds. The average Bonchev–Trinajstić information content (AvgIpc) is 3.15. The maximum Gasteiger partial charge on any atom is 0.335 e. The van der Waals surface area contributed by atoms with Crippen molar-refractivity contribution in [1.29, 1.82) is 0 Å². The van der Waals surface area contributed by atoms with Gasteiger partial charge < -0.3 is 32.8 Å². The minimum Gasteiger partial charge on any atom is -0.411 e. The molecule has 182 valence electrons. The first-order chi connectivity index (χ1) is 14.3. The second-order valence-electron chi connectivity index (χ2n) is 10.7. The van der Waals surface area contributed by atoms with Gasteiger partial charge >= 0.3 is 7.60 Å². The third kappa shape index (κ3) is 5.81. The lowest BCUT2D eigenvalue weighted by Crippen LogP contribution is -2.49. The predicted molar refractivity (Wildman–Crippen MR) is 120 cm³/mol. The Bertz CT molecular complexity index is 654. The fraction of sp³-hybridized carbons (Fsp3) is 1.00. The summed E-state index contributed by atoms with van der Waals surface area (Å²) in [5.74, 6) is -1.63. The molecule has 3 rings (SSSR count). The average molecular weight is 481 g/mol. The molecule has 2 saturated heterocycles. The molecule has 0 bridgehead atoms. The summed E-state index contributed by atoms with van der Waals surface area (Å²) in [6.07, 6.45) is 2.92. The topological polar surface area (TPSA) is 92.7 Å². The van der Waals surface area contributed by atoms with E-state index in [1.807, 2.05) is 0 Å². The molecular formula is C21H41O8PSi. The summed E-state index contributed by atoms with van der Waals surface area (Å²) in [4.78, 5) is 0. The summed E-state index contributed by atoms with van der Waals surface area (Å²) >= 11 is 0. The van der Waals surface area contributed by atoms with E-state index in [4.69, 9.17) is 27.7 Å². The van der Waals surface area contributed by atoms with E-state index in [0.29, 0.717) is 12.8 Å². The molecule has 2 heterocycles. The zero-order valence-corrected chi connectivity index (χ0v) is 22.0. The fourth-order valence-electron chi connectivity index (χ4n) is 4.54. The van der Waals surface area contributed by atoms with Crippen molar-refractivity contribution in [2.45, 2.75) is 101 Å². The van der Waals surface area contributed by atoms with Crippen molar-refractivity contribution < 1.29 is 37.4 Å². The van der Waals surface area contributed by atoms with Gasteiger partial charge in [-0.1, -0.05) is 20.8 Å². The first-order valence-electron chi connectivity index (χ1n) is 11.4. The van der Waals surface area contributed by atoms with Crippen molar-refractivity contribution in [2.75, 3.05) is 27.0 Å². The fourth-order valence-corrected chi connectivity index (χ4v) is 7.12. The summed E-state index contributed by atoms with van der Waals surface area (Å²) in [7, 11) is -2.89. The van der Waals surface area contributed by atoms with Gasteiger partial charge in [-0.3, -0.25) is 4.57 Å². The van der Waals surface area contributed by atoms with Crippen LogP contribution in [0.3, 0.4) is 0 Å². The van der Waals surface area contributed by atoms with Gasteiger partial charge in [0.25, 0.3) is 0 Å². The minimum absolute atomic E-state index is 0.0363.